The van der Waals surface area contributed by atoms with E-state index < -0.39 is 47.4 Å². The second-order valence-electron chi connectivity index (χ2n) is 6.96. The highest BCUT2D eigenvalue weighted by Crippen LogP contribution is 2.37. The highest BCUT2D eigenvalue weighted by molar-refractivity contribution is 5.81. The van der Waals surface area contributed by atoms with Crippen LogP contribution in [0.1, 0.15) is 34.1 Å². The Morgan fingerprint density at radius 3 is 2.21 bits per heavy atom. The van der Waals surface area contributed by atoms with Crippen LogP contribution in [0.3, 0.4) is 0 Å². The molecule has 5 N–H and O–H groups in total. The molecule has 0 heterocycles. The van der Waals surface area contributed by atoms with Crippen LogP contribution in [0.2, 0.25) is 0 Å². The first kappa shape index (κ1) is 19.7. The third-order valence-electron chi connectivity index (χ3n) is 3.87. The minimum Gasteiger partial charge on any atom is -0.481 e. The van der Waals surface area contributed by atoms with Crippen molar-refractivity contribution in [1.82, 2.24) is 10.6 Å². The zero-order valence-electron chi connectivity index (χ0n) is 14.3. The van der Waals surface area contributed by atoms with Crippen molar-refractivity contribution in [2.24, 2.45) is 23.5 Å². The molecule has 1 aliphatic carbocycles. The monoisotopic (exact) mass is 343 g/mol. The van der Waals surface area contributed by atoms with E-state index in [1.165, 1.54) is 6.92 Å². The highest BCUT2D eigenvalue weighted by Gasteiger charge is 2.49. The molecular weight excluding hydrogens is 318 g/mol. The summed E-state index contributed by atoms with van der Waals surface area (Å²) in [5.74, 6) is -4.52. The van der Waals surface area contributed by atoms with Crippen molar-refractivity contribution in [3.63, 3.8) is 0 Å². The zero-order valence-corrected chi connectivity index (χ0v) is 14.3. The Kier molecular flexibility index (Phi) is 6.16. The van der Waals surface area contributed by atoms with Crippen LogP contribution < -0.4 is 16.4 Å². The average Bonchev–Trinajstić information content (AvgIpc) is 2.72. The lowest BCUT2D eigenvalue weighted by Crippen LogP contribution is -2.49. The molecule has 0 aromatic carbocycles. The number of aliphatic carboxylic acids is 1. The second-order valence-corrected chi connectivity index (χ2v) is 6.96. The van der Waals surface area contributed by atoms with Crippen molar-refractivity contribution in [1.29, 1.82) is 0 Å². The Balaban J connectivity index is 3.00. The molecule has 4 atom stereocenters. The smallest absolute Gasteiger partial charge is 0.407 e. The fraction of sp³-hybridized carbons (Fsp3) is 0.733. The van der Waals surface area contributed by atoms with E-state index in [1.54, 1.807) is 20.8 Å². The van der Waals surface area contributed by atoms with E-state index >= 15 is 0 Å². The SMILES string of the molecule is CC(=O)NC[C@@H]1[C@H](NC(=O)OC(C)(C)C)[C@@H](C(=O)O)C[C@H]1C(N)=O. The molecule has 1 aliphatic rings. The molecule has 0 unspecified atom stereocenters. The van der Waals surface area contributed by atoms with Crippen LogP contribution in [0.25, 0.3) is 0 Å². The van der Waals surface area contributed by atoms with Gasteiger partial charge in [0.25, 0.3) is 0 Å². The molecule has 24 heavy (non-hydrogen) atoms. The van der Waals surface area contributed by atoms with Crippen molar-refractivity contribution in [3.8, 4) is 0 Å². The van der Waals surface area contributed by atoms with Gasteiger partial charge in [-0.3, -0.25) is 14.4 Å². The van der Waals surface area contributed by atoms with Crippen LogP contribution in [0, 0.1) is 17.8 Å². The van der Waals surface area contributed by atoms with Gasteiger partial charge in [0.2, 0.25) is 11.8 Å². The lowest BCUT2D eigenvalue weighted by Gasteiger charge is -2.28. The van der Waals surface area contributed by atoms with E-state index in [1.807, 2.05) is 0 Å². The van der Waals surface area contributed by atoms with E-state index in [9.17, 15) is 24.3 Å². The van der Waals surface area contributed by atoms with Gasteiger partial charge in [-0.05, 0) is 27.2 Å². The topological polar surface area (TPSA) is 148 Å². The fourth-order valence-corrected chi connectivity index (χ4v) is 2.91. The first-order chi connectivity index (χ1) is 10.9. The van der Waals surface area contributed by atoms with Crippen LogP contribution in [0.15, 0.2) is 0 Å². The first-order valence-electron chi connectivity index (χ1n) is 7.68. The molecule has 9 heteroatoms. The maximum atomic E-state index is 12.0. The minimum absolute atomic E-state index is 0.00458. The summed E-state index contributed by atoms with van der Waals surface area (Å²) < 4.78 is 5.15. The molecule has 3 amide bonds. The van der Waals surface area contributed by atoms with Gasteiger partial charge in [-0.25, -0.2) is 4.79 Å². The number of carbonyl (C=O) groups is 4. The molecule has 136 valence electrons. The van der Waals surface area contributed by atoms with Crippen LogP contribution in [0.4, 0.5) is 4.79 Å². The summed E-state index contributed by atoms with van der Waals surface area (Å²) in [5, 5.41) is 14.5. The molecule has 0 aromatic heterocycles. The molecule has 1 rings (SSSR count). The first-order valence-corrected chi connectivity index (χ1v) is 7.68. The quantitative estimate of drug-likeness (QED) is 0.545. The minimum atomic E-state index is -1.15. The number of carboxylic acids is 1. The number of hydrogen-bond donors (Lipinski definition) is 4. The Morgan fingerprint density at radius 1 is 1.21 bits per heavy atom. The molecule has 0 saturated heterocycles. The van der Waals surface area contributed by atoms with Crippen LogP contribution in [-0.4, -0.2) is 47.2 Å². The molecule has 9 nitrogen and oxygen atoms in total. The van der Waals surface area contributed by atoms with Gasteiger partial charge in [-0.1, -0.05) is 0 Å². The summed E-state index contributed by atoms with van der Waals surface area (Å²) in [6.45, 7) is 6.37. The third-order valence-corrected chi connectivity index (χ3v) is 3.87. The van der Waals surface area contributed by atoms with Crippen molar-refractivity contribution in [2.45, 2.75) is 45.8 Å². The van der Waals surface area contributed by atoms with Crippen LogP contribution in [-0.2, 0) is 19.1 Å². The Hall–Kier alpha value is -2.32. The second kappa shape index (κ2) is 7.50. The molecule has 0 radical (unpaired) electrons. The standard InChI is InChI=1S/C15H25N3O6/c1-7(19)17-6-10-8(12(16)20)5-9(13(21)22)11(10)18-14(23)24-15(2,3)4/h8-11H,5-6H2,1-4H3,(H2,16,20)(H,17,19)(H,18,23)(H,21,22)/t8-,9+,10+,11-/m1/s1. The maximum absolute atomic E-state index is 12.0. The Morgan fingerprint density at radius 2 is 1.79 bits per heavy atom. The summed E-state index contributed by atoms with van der Waals surface area (Å²) in [7, 11) is 0. The van der Waals surface area contributed by atoms with Crippen molar-refractivity contribution >= 4 is 23.9 Å². The number of rotatable bonds is 5. The number of amides is 3. The predicted molar refractivity (Wildman–Crippen MR) is 83.8 cm³/mol. The zero-order chi connectivity index (χ0) is 18.7. The van der Waals surface area contributed by atoms with Gasteiger partial charge in [0, 0.05) is 25.3 Å². The highest BCUT2D eigenvalue weighted by atomic mass is 16.6. The number of ether oxygens (including phenoxy) is 1. The van der Waals surface area contributed by atoms with Gasteiger partial charge in [0.15, 0.2) is 0 Å². The van der Waals surface area contributed by atoms with E-state index in [0.717, 1.165) is 0 Å². The normalized spacial score (nSPS) is 26.5. The molecular formula is C15H25N3O6. The number of alkyl carbamates (subject to hydrolysis) is 1. The number of primary amides is 1. The van der Waals surface area contributed by atoms with Gasteiger partial charge in [0.1, 0.15) is 5.60 Å². The van der Waals surface area contributed by atoms with E-state index in [2.05, 4.69) is 10.6 Å². The Labute approximate surface area is 140 Å². The lowest BCUT2D eigenvalue weighted by atomic mass is 9.92. The van der Waals surface area contributed by atoms with Crippen LogP contribution >= 0.6 is 0 Å². The van der Waals surface area contributed by atoms with Crippen molar-refractivity contribution in [3.05, 3.63) is 0 Å². The van der Waals surface area contributed by atoms with Gasteiger partial charge in [-0.15, -0.1) is 0 Å². The summed E-state index contributed by atoms with van der Waals surface area (Å²) >= 11 is 0. The number of hydrogen-bond acceptors (Lipinski definition) is 5. The fourth-order valence-electron chi connectivity index (χ4n) is 2.91. The molecule has 0 spiro atoms. The summed E-state index contributed by atoms with van der Waals surface area (Å²) in [6, 6.07) is -0.873. The molecule has 0 aliphatic heterocycles. The molecule has 1 saturated carbocycles. The molecule has 0 aromatic rings. The molecule has 0 bridgehead atoms. The average molecular weight is 343 g/mol. The van der Waals surface area contributed by atoms with Gasteiger partial charge in [0.05, 0.1) is 12.0 Å². The van der Waals surface area contributed by atoms with Gasteiger partial charge >= 0.3 is 12.1 Å². The predicted octanol–water partition coefficient (Wildman–Crippen LogP) is -0.162. The van der Waals surface area contributed by atoms with Gasteiger partial charge < -0.3 is 26.2 Å². The summed E-state index contributed by atoms with van der Waals surface area (Å²) in [5.41, 5.74) is 4.61. The summed E-state index contributed by atoms with van der Waals surface area (Å²) in [4.78, 5) is 46.3. The van der Waals surface area contributed by atoms with E-state index in [0.29, 0.717) is 0 Å². The number of carboxylic acid groups (broad SMARTS) is 1. The van der Waals surface area contributed by atoms with Crippen molar-refractivity contribution < 1.29 is 29.0 Å². The molecule has 1 fully saturated rings. The van der Waals surface area contributed by atoms with Gasteiger partial charge in [-0.2, -0.15) is 0 Å². The largest absolute Gasteiger partial charge is 0.481 e. The third kappa shape index (κ3) is 5.39. The van der Waals surface area contributed by atoms with Crippen LogP contribution in [0.5, 0.6) is 0 Å². The maximum Gasteiger partial charge on any atom is 0.407 e. The number of carbonyl (C=O) groups excluding carboxylic acids is 3. The summed E-state index contributed by atoms with van der Waals surface area (Å²) in [6.07, 6.45) is -0.785. The lowest BCUT2D eigenvalue weighted by molar-refractivity contribution is -0.142. The number of nitrogens with two attached hydrogens (primary N) is 1. The number of nitrogens with one attached hydrogen (secondary N) is 2. The van der Waals surface area contributed by atoms with Crippen molar-refractivity contribution in [2.75, 3.05) is 6.54 Å². The Bertz CT molecular complexity index is 528. The van der Waals surface area contributed by atoms with E-state index in [-0.39, 0.29) is 18.9 Å². The van der Waals surface area contributed by atoms with E-state index in [4.69, 9.17) is 10.5 Å².